The lowest BCUT2D eigenvalue weighted by Crippen LogP contribution is -2.48. The van der Waals surface area contributed by atoms with E-state index in [1.54, 1.807) is 14.0 Å². The highest BCUT2D eigenvalue weighted by Crippen LogP contribution is 2.30. The van der Waals surface area contributed by atoms with Gasteiger partial charge in [0.2, 0.25) is 15.9 Å². The van der Waals surface area contributed by atoms with E-state index >= 15 is 0 Å². The second kappa shape index (κ2) is 12.4. The monoisotopic (exact) mass is 623 g/mol. The van der Waals surface area contributed by atoms with Gasteiger partial charge >= 0.3 is 0 Å². The zero-order chi connectivity index (χ0) is 30.8. The molecule has 0 spiro atoms. The van der Waals surface area contributed by atoms with Crippen LogP contribution in [-0.4, -0.2) is 85.5 Å². The lowest BCUT2D eigenvalue weighted by atomic mass is 10.0. The van der Waals surface area contributed by atoms with Gasteiger partial charge in [-0.05, 0) is 49.4 Å². The third-order valence-corrected chi connectivity index (χ3v) is 10.2. The molecule has 12 nitrogen and oxygen atoms in total. The van der Waals surface area contributed by atoms with Gasteiger partial charge in [-0.1, -0.05) is 6.92 Å². The summed E-state index contributed by atoms with van der Waals surface area (Å²) < 4.78 is 77.0. The summed E-state index contributed by atoms with van der Waals surface area (Å²) in [7, 11) is -4.99. The second-order valence-corrected chi connectivity index (χ2v) is 14.1. The molecule has 0 aliphatic carbocycles. The molecule has 0 radical (unpaired) electrons. The van der Waals surface area contributed by atoms with Gasteiger partial charge in [0.15, 0.2) is 5.03 Å². The van der Waals surface area contributed by atoms with Crippen molar-refractivity contribution in [1.29, 1.82) is 0 Å². The van der Waals surface area contributed by atoms with Crippen molar-refractivity contribution in [3.05, 3.63) is 66.4 Å². The van der Waals surface area contributed by atoms with Crippen molar-refractivity contribution in [1.82, 2.24) is 18.8 Å². The fourth-order valence-electron chi connectivity index (χ4n) is 4.58. The average Bonchev–Trinajstić information content (AvgIpc) is 3.40. The van der Waals surface area contributed by atoms with Crippen molar-refractivity contribution in [3.8, 4) is 5.75 Å². The average molecular weight is 624 g/mol. The summed E-state index contributed by atoms with van der Waals surface area (Å²) in [6.07, 6.45) is 1.81. The number of ether oxygens (including phenoxy) is 1. The first-order chi connectivity index (χ1) is 19.7. The summed E-state index contributed by atoms with van der Waals surface area (Å²) >= 11 is 0. The predicted octanol–water partition coefficient (Wildman–Crippen LogP) is 1.83. The van der Waals surface area contributed by atoms with E-state index in [0.717, 1.165) is 16.4 Å². The van der Waals surface area contributed by atoms with Gasteiger partial charge in [0, 0.05) is 44.0 Å². The van der Waals surface area contributed by atoms with E-state index in [1.807, 2.05) is 6.92 Å². The molecule has 1 aliphatic rings. The normalized spacial score (nSPS) is 18.9. The quantitative estimate of drug-likeness (QED) is 0.367. The number of aliphatic hydroxyl groups excluding tert-OH is 1. The Kier molecular flexibility index (Phi) is 9.25. The van der Waals surface area contributed by atoms with Crippen LogP contribution in [0.3, 0.4) is 0 Å². The molecule has 0 bridgehead atoms. The zero-order valence-electron chi connectivity index (χ0n) is 23.6. The van der Waals surface area contributed by atoms with Crippen LogP contribution in [0.5, 0.6) is 5.75 Å². The van der Waals surface area contributed by atoms with Crippen molar-refractivity contribution < 1.29 is 35.9 Å². The molecule has 0 fully saturated rings. The Morgan fingerprint density at radius 2 is 1.88 bits per heavy atom. The molecule has 1 aromatic heterocycles. The number of aliphatic hydroxyl groups is 1. The number of imidazole rings is 1. The molecule has 3 aromatic rings. The molecule has 3 atom stereocenters. The molecule has 15 heteroatoms. The molecule has 0 unspecified atom stereocenters. The summed E-state index contributed by atoms with van der Waals surface area (Å²) in [5.41, 5.74) is 0.553. The third kappa shape index (κ3) is 6.91. The number of aryl methyl sites for hydroxylation is 1. The van der Waals surface area contributed by atoms with Crippen LogP contribution in [0.1, 0.15) is 19.4 Å². The number of amides is 1. The van der Waals surface area contributed by atoms with Crippen LogP contribution >= 0.6 is 0 Å². The highest BCUT2D eigenvalue weighted by molar-refractivity contribution is 7.92. The second-order valence-electron chi connectivity index (χ2n) is 10.4. The van der Waals surface area contributed by atoms with Gasteiger partial charge in [-0.25, -0.2) is 17.8 Å². The molecule has 2 N–H and O–H groups in total. The SMILES string of the molecule is C[C@H]1CN([C@@H](C)CO)C(=O)Cc2cc(NS(=O)(=O)c3cn(C)cn3)ccc2O[C@H]1CN(C)S(=O)(=O)c1ccc(F)cc1. The van der Waals surface area contributed by atoms with Crippen molar-refractivity contribution >= 4 is 31.6 Å². The number of hydrogen-bond donors (Lipinski definition) is 2. The van der Waals surface area contributed by atoms with Gasteiger partial charge in [0.05, 0.1) is 36.8 Å². The third-order valence-electron chi connectivity index (χ3n) is 7.08. The van der Waals surface area contributed by atoms with Gasteiger partial charge in [-0.15, -0.1) is 0 Å². The molecule has 0 saturated heterocycles. The smallest absolute Gasteiger partial charge is 0.280 e. The summed E-state index contributed by atoms with van der Waals surface area (Å²) in [6.45, 7) is 3.28. The van der Waals surface area contributed by atoms with Crippen molar-refractivity contribution in [2.45, 2.75) is 42.3 Å². The minimum atomic E-state index is -4.01. The molecule has 1 aliphatic heterocycles. The van der Waals surface area contributed by atoms with Crippen molar-refractivity contribution in [3.63, 3.8) is 0 Å². The first-order valence-electron chi connectivity index (χ1n) is 13.1. The number of hydrogen-bond acceptors (Lipinski definition) is 8. The van der Waals surface area contributed by atoms with E-state index in [4.69, 9.17) is 4.74 Å². The van der Waals surface area contributed by atoms with Crippen LogP contribution < -0.4 is 9.46 Å². The van der Waals surface area contributed by atoms with Gasteiger partial charge < -0.3 is 19.3 Å². The van der Waals surface area contributed by atoms with Crippen LogP contribution in [-0.2, 0) is 38.3 Å². The highest BCUT2D eigenvalue weighted by Gasteiger charge is 2.33. The van der Waals surface area contributed by atoms with Crippen LogP contribution in [0, 0.1) is 11.7 Å². The van der Waals surface area contributed by atoms with Crippen LogP contribution in [0.15, 0.2) is 64.9 Å². The Bertz CT molecular complexity index is 1650. The number of benzene rings is 2. The van der Waals surface area contributed by atoms with E-state index in [9.17, 15) is 31.1 Å². The first kappa shape index (κ1) is 31.4. The number of carbonyl (C=O) groups is 1. The largest absolute Gasteiger partial charge is 0.488 e. The van der Waals surface area contributed by atoms with Gasteiger partial charge in [-0.3, -0.25) is 9.52 Å². The number of sulfonamides is 2. The summed E-state index contributed by atoms with van der Waals surface area (Å²) in [5.74, 6) is -0.981. The highest BCUT2D eigenvalue weighted by atomic mass is 32.2. The number of halogens is 1. The lowest BCUT2D eigenvalue weighted by molar-refractivity contribution is -0.134. The maximum atomic E-state index is 13.4. The standard InChI is InChI=1S/C27H34FN5O7S2/c1-18-13-33(19(2)16-34)27(35)12-20-11-22(30-41(36,37)26-15-31(3)17-29-26)7-10-24(20)40-25(18)14-32(4)42(38,39)23-8-5-21(28)6-9-23/h5-11,15,17-19,25,30,34H,12-14,16H2,1-4H3/t18-,19-,25-/m0/s1. The maximum Gasteiger partial charge on any atom is 0.280 e. The topological polar surface area (TPSA) is 151 Å². The van der Waals surface area contributed by atoms with E-state index in [-0.39, 0.29) is 59.3 Å². The van der Waals surface area contributed by atoms with Gasteiger partial charge in [0.1, 0.15) is 17.7 Å². The van der Waals surface area contributed by atoms with E-state index in [1.165, 1.54) is 59.4 Å². The first-order valence-corrected chi connectivity index (χ1v) is 16.1. The van der Waals surface area contributed by atoms with Crippen molar-refractivity contribution in [2.75, 3.05) is 31.5 Å². The summed E-state index contributed by atoms with van der Waals surface area (Å²) in [4.78, 5) is 18.7. The van der Waals surface area contributed by atoms with Crippen LogP contribution in [0.2, 0.25) is 0 Å². The maximum absolute atomic E-state index is 13.4. The number of likely N-dealkylation sites (N-methyl/N-ethyl adjacent to an activating group) is 1. The fraction of sp³-hybridized carbons (Fsp3) is 0.407. The number of carbonyl (C=O) groups excluding carboxylic acids is 1. The molecule has 2 aromatic carbocycles. The van der Waals surface area contributed by atoms with Gasteiger partial charge in [-0.2, -0.15) is 12.7 Å². The van der Waals surface area contributed by atoms with E-state index in [2.05, 4.69) is 9.71 Å². The zero-order valence-corrected chi connectivity index (χ0v) is 25.3. The number of anilines is 1. The Labute approximate surface area is 244 Å². The molecule has 4 rings (SSSR count). The van der Waals surface area contributed by atoms with Gasteiger partial charge in [0.25, 0.3) is 10.0 Å². The molecule has 42 heavy (non-hydrogen) atoms. The fourth-order valence-corrected chi connectivity index (χ4v) is 6.80. The van der Waals surface area contributed by atoms with Crippen LogP contribution in [0.4, 0.5) is 10.1 Å². The minimum absolute atomic E-state index is 0.0851. The molecular formula is C27H34FN5O7S2. The lowest BCUT2D eigenvalue weighted by Gasteiger charge is -2.33. The summed E-state index contributed by atoms with van der Waals surface area (Å²) in [5, 5.41) is 9.66. The number of fused-ring (bicyclic) bond motifs is 1. The molecular weight excluding hydrogens is 589 g/mol. The molecule has 0 saturated carbocycles. The summed E-state index contributed by atoms with van der Waals surface area (Å²) in [6, 6.07) is 8.46. The van der Waals surface area contributed by atoms with E-state index < -0.39 is 38.0 Å². The Balaban J connectivity index is 1.68. The minimum Gasteiger partial charge on any atom is -0.488 e. The molecule has 1 amide bonds. The Morgan fingerprint density at radius 3 is 2.50 bits per heavy atom. The Morgan fingerprint density at radius 1 is 1.19 bits per heavy atom. The van der Waals surface area contributed by atoms with Crippen LogP contribution in [0.25, 0.3) is 0 Å². The number of nitrogens with zero attached hydrogens (tertiary/aromatic N) is 4. The number of aromatic nitrogens is 2. The van der Waals surface area contributed by atoms with E-state index in [0.29, 0.717) is 5.56 Å². The Hall–Kier alpha value is -3.53. The number of rotatable bonds is 9. The van der Waals surface area contributed by atoms with Crippen molar-refractivity contribution in [2.24, 2.45) is 13.0 Å². The number of nitrogens with one attached hydrogen (secondary N) is 1. The molecule has 228 valence electrons. The molecule has 2 heterocycles. The predicted molar refractivity (Wildman–Crippen MR) is 152 cm³/mol.